The summed E-state index contributed by atoms with van der Waals surface area (Å²) in [5.74, 6) is 1.21. The lowest BCUT2D eigenvalue weighted by Gasteiger charge is -2.14. The van der Waals surface area contributed by atoms with Crippen molar-refractivity contribution in [1.82, 2.24) is 30.1 Å². The molecule has 4 rings (SSSR count). The van der Waals surface area contributed by atoms with Crippen molar-refractivity contribution in [3.05, 3.63) is 65.6 Å². The first-order chi connectivity index (χ1) is 14.4. The lowest BCUT2D eigenvalue weighted by Crippen LogP contribution is -2.28. The van der Waals surface area contributed by atoms with Crippen LogP contribution in [0.5, 0.6) is 0 Å². The highest BCUT2D eigenvalue weighted by atomic mass is 19.1. The summed E-state index contributed by atoms with van der Waals surface area (Å²) in [7, 11) is 0. The molecule has 154 valence electrons. The zero-order valence-corrected chi connectivity index (χ0v) is 16.8. The molecule has 0 spiro atoms. The van der Waals surface area contributed by atoms with Crippen molar-refractivity contribution in [3.63, 3.8) is 0 Å². The smallest absolute Gasteiger partial charge is 0.258 e. The third-order valence-corrected chi connectivity index (χ3v) is 4.75. The van der Waals surface area contributed by atoms with Gasteiger partial charge in [-0.1, -0.05) is 31.1 Å². The number of rotatable bonds is 6. The maximum Gasteiger partial charge on any atom is 0.258 e. The molecule has 9 heteroatoms. The number of benzene rings is 1. The molecule has 0 fully saturated rings. The van der Waals surface area contributed by atoms with Gasteiger partial charge in [-0.2, -0.15) is 4.98 Å². The highest BCUT2D eigenvalue weighted by Gasteiger charge is 2.16. The van der Waals surface area contributed by atoms with Crippen molar-refractivity contribution < 1.29 is 13.7 Å². The molecule has 3 heterocycles. The van der Waals surface area contributed by atoms with Crippen LogP contribution in [0.25, 0.3) is 17.1 Å². The Balaban J connectivity index is 1.48. The van der Waals surface area contributed by atoms with E-state index in [1.165, 1.54) is 12.1 Å². The summed E-state index contributed by atoms with van der Waals surface area (Å²) in [5.41, 5.74) is 2.13. The van der Waals surface area contributed by atoms with Crippen LogP contribution in [-0.4, -0.2) is 30.6 Å². The summed E-state index contributed by atoms with van der Waals surface area (Å²) in [6.07, 6.45) is 1.83. The molecule has 4 aromatic rings. The molecule has 1 N–H and O–H groups in total. The molecule has 3 aromatic heterocycles. The van der Waals surface area contributed by atoms with Crippen LogP contribution in [0.15, 0.2) is 47.1 Å². The van der Waals surface area contributed by atoms with Crippen molar-refractivity contribution in [2.24, 2.45) is 0 Å². The van der Waals surface area contributed by atoms with Crippen molar-refractivity contribution in [3.8, 4) is 11.5 Å². The third-order valence-electron chi connectivity index (χ3n) is 4.75. The molecule has 0 aliphatic carbocycles. The van der Waals surface area contributed by atoms with Gasteiger partial charge in [0.05, 0.1) is 12.5 Å². The van der Waals surface area contributed by atoms with Gasteiger partial charge in [0, 0.05) is 17.7 Å². The van der Waals surface area contributed by atoms with Crippen molar-refractivity contribution in [1.29, 1.82) is 0 Å². The zero-order valence-electron chi connectivity index (χ0n) is 16.8. The van der Waals surface area contributed by atoms with E-state index in [2.05, 4.69) is 25.7 Å². The van der Waals surface area contributed by atoms with Gasteiger partial charge in [0.1, 0.15) is 11.6 Å². The van der Waals surface area contributed by atoms with Gasteiger partial charge in [-0.15, -0.1) is 10.2 Å². The van der Waals surface area contributed by atoms with E-state index < -0.39 is 0 Å². The molecule has 1 atom stereocenters. The molecular weight excluding hydrogens is 387 g/mol. The first-order valence-electron chi connectivity index (χ1n) is 9.63. The molecule has 0 aliphatic heterocycles. The summed E-state index contributed by atoms with van der Waals surface area (Å²) in [6, 6.07) is 9.39. The minimum Gasteiger partial charge on any atom is -0.349 e. The Morgan fingerprint density at radius 2 is 1.93 bits per heavy atom. The Morgan fingerprint density at radius 1 is 1.17 bits per heavy atom. The number of nitrogens with zero attached hydrogens (tertiary/aromatic N) is 5. The first-order valence-corrected chi connectivity index (χ1v) is 9.63. The highest BCUT2D eigenvalue weighted by molar-refractivity contribution is 5.78. The number of hydrogen-bond donors (Lipinski definition) is 1. The quantitative estimate of drug-likeness (QED) is 0.525. The van der Waals surface area contributed by atoms with Gasteiger partial charge in [0.2, 0.25) is 5.91 Å². The molecule has 30 heavy (non-hydrogen) atoms. The van der Waals surface area contributed by atoms with E-state index in [1.54, 1.807) is 28.8 Å². The zero-order chi connectivity index (χ0) is 21.3. The Bertz CT molecular complexity index is 1180. The van der Waals surface area contributed by atoms with Gasteiger partial charge in [0.15, 0.2) is 11.5 Å². The predicted octanol–water partition coefficient (Wildman–Crippen LogP) is 3.46. The SMILES string of the molecule is CC(C)c1noc(-c2ccn3c(CC(=O)N[C@H](C)c4ccc(F)cc4)nnc3c2)n1. The minimum atomic E-state index is -0.312. The normalized spacial score (nSPS) is 12.4. The Labute approximate surface area is 172 Å². The number of halogens is 1. The molecule has 0 saturated heterocycles. The fourth-order valence-electron chi connectivity index (χ4n) is 3.05. The van der Waals surface area contributed by atoms with E-state index in [0.29, 0.717) is 23.2 Å². The van der Waals surface area contributed by atoms with Crippen molar-refractivity contribution in [2.75, 3.05) is 0 Å². The minimum absolute atomic E-state index is 0.0596. The monoisotopic (exact) mass is 408 g/mol. The van der Waals surface area contributed by atoms with E-state index in [1.807, 2.05) is 26.8 Å². The van der Waals surface area contributed by atoms with Crippen LogP contribution in [-0.2, 0) is 11.2 Å². The fourth-order valence-corrected chi connectivity index (χ4v) is 3.05. The second-order valence-corrected chi connectivity index (χ2v) is 7.39. The van der Waals surface area contributed by atoms with E-state index >= 15 is 0 Å². The maximum atomic E-state index is 13.1. The average molecular weight is 408 g/mol. The number of nitrogens with one attached hydrogen (secondary N) is 1. The van der Waals surface area contributed by atoms with Crippen LogP contribution in [0.1, 0.15) is 49.9 Å². The van der Waals surface area contributed by atoms with Crippen LogP contribution in [0.3, 0.4) is 0 Å². The molecule has 0 aliphatic rings. The van der Waals surface area contributed by atoms with Gasteiger partial charge in [-0.05, 0) is 36.8 Å². The van der Waals surface area contributed by atoms with Gasteiger partial charge in [0.25, 0.3) is 5.89 Å². The van der Waals surface area contributed by atoms with E-state index in [0.717, 1.165) is 11.1 Å². The number of carbonyl (C=O) groups excluding carboxylic acids is 1. The average Bonchev–Trinajstić information content (AvgIpc) is 3.36. The summed E-state index contributed by atoms with van der Waals surface area (Å²) < 4.78 is 20.1. The molecule has 0 unspecified atom stereocenters. The van der Waals surface area contributed by atoms with Crippen molar-refractivity contribution in [2.45, 2.75) is 39.2 Å². The number of hydrogen-bond acceptors (Lipinski definition) is 6. The second-order valence-electron chi connectivity index (χ2n) is 7.39. The summed E-state index contributed by atoms with van der Waals surface area (Å²) >= 11 is 0. The standard InChI is InChI=1S/C21H21FN6O2/c1-12(2)20-24-21(30-27-20)15-8-9-28-17(10-15)25-26-18(28)11-19(29)23-13(3)14-4-6-16(22)7-5-14/h4-10,12-13H,11H2,1-3H3,(H,23,29)/t13-/m1/s1. The number of amides is 1. The Hall–Kier alpha value is -3.62. The molecule has 0 bridgehead atoms. The Morgan fingerprint density at radius 3 is 2.63 bits per heavy atom. The van der Waals surface area contributed by atoms with Crippen LogP contribution < -0.4 is 5.32 Å². The van der Waals surface area contributed by atoms with E-state index in [9.17, 15) is 9.18 Å². The van der Waals surface area contributed by atoms with Crippen LogP contribution in [0.2, 0.25) is 0 Å². The maximum absolute atomic E-state index is 13.1. The molecule has 1 aromatic carbocycles. The van der Waals surface area contributed by atoms with Crippen LogP contribution in [0.4, 0.5) is 4.39 Å². The number of pyridine rings is 1. The fraction of sp³-hybridized carbons (Fsp3) is 0.286. The summed E-state index contributed by atoms with van der Waals surface area (Å²) in [6.45, 7) is 5.82. The third kappa shape index (κ3) is 4.05. The van der Waals surface area contributed by atoms with Crippen molar-refractivity contribution >= 4 is 11.6 Å². The largest absolute Gasteiger partial charge is 0.349 e. The molecule has 1 amide bonds. The molecular formula is C21H21FN6O2. The predicted molar refractivity (Wildman–Crippen MR) is 107 cm³/mol. The van der Waals surface area contributed by atoms with E-state index in [4.69, 9.17) is 4.52 Å². The van der Waals surface area contributed by atoms with Gasteiger partial charge < -0.3 is 9.84 Å². The topological polar surface area (TPSA) is 98.2 Å². The first kappa shape index (κ1) is 19.7. The molecule has 0 radical (unpaired) electrons. The van der Waals surface area contributed by atoms with Crippen LogP contribution >= 0.6 is 0 Å². The molecule has 0 saturated carbocycles. The highest BCUT2D eigenvalue weighted by Crippen LogP contribution is 2.21. The van der Waals surface area contributed by atoms with E-state index in [-0.39, 0.29) is 30.1 Å². The summed E-state index contributed by atoms with van der Waals surface area (Å²) in [4.78, 5) is 16.8. The number of carbonyl (C=O) groups is 1. The lowest BCUT2D eigenvalue weighted by atomic mass is 10.1. The number of aromatic nitrogens is 5. The lowest BCUT2D eigenvalue weighted by molar-refractivity contribution is -0.121. The second kappa shape index (κ2) is 8.02. The summed E-state index contributed by atoms with van der Waals surface area (Å²) in [5, 5.41) is 15.1. The van der Waals surface area contributed by atoms with Gasteiger partial charge in [-0.3, -0.25) is 9.20 Å². The molecule has 8 nitrogen and oxygen atoms in total. The van der Waals surface area contributed by atoms with Crippen LogP contribution in [0, 0.1) is 5.82 Å². The van der Waals surface area contributed by atoms with Gasteiger partial charge in [-0.25, -0.2) is 4.39 Å². The van der Waals surface area contributed by atoms with Gasteiger partial charge >= 0.3 is 0 Å². The number of fused-ring (bicyclic) bond motifs is 1. The Kier molecular flexibility index (Phi) is 5.26.